The first kappa shape index (κ1) is 84.4. The average molecular weight is 1250 g/mol. The molecule has 0 aromatic heterocycles. The molecular formula is C78H137NO8P+. The van der Waals surface area contributed by atoms with E-state index in [2.05, 4.69) is 135 Å². The van der Waals surface area contributed by atoms with Gasteiger partial charge in [0.15, 0.2) is 6.10 Å². The van der Waals surface area contributed by atoms with E-state index in [-0.39, 0.29) is 32.0 Å². The van der Waals surface area contributed by atoms with Gasteiger partial charge in [-0.25, -0.2) is 4.57 Å². The van der Waals surface area contributed by atoms with Crippen LogP contribution in [0.15, 0.2) is 122 Å². The third kappa shape index (κ3) is 71.5. The van der Waals surface area contributed by atoms with Gasteiger partial charge in [0, 0.05) is 12.8 Å². The van der Waals surface area contributed by atoms with Gasteiger partial charge in [0.05, 0.1) is 27.7 Å². The monoisotopic (exact) mass is 1250 g/mol. The Hall–Kier alpha value is -3.59. The molecule has 0 aromatic carbocycles. The highest BCUT2D eigenvalue weighted by Crippen LogP contribution is 2.43. The van der Waals surface area contributed by atoms with E-state index in [1.165, 1.54) is 180 Å². The van der Waals surface area contributed by atoms with Crippen LogP contribution in [0, 0.1) is 0 Å². The number of rotatable bonds is 66. The van der Waals surface area contributed by atoms with Gasteiger partial charge in [-0.05, 0) is 109 Å². The van der Waals surface area contributed by atoms with Gasteiger partial charge >= 0.3 is 19.8 Å². The third-order valence-corrected chi connectivity index (χ3v) is 16.5. The summed E-state index contributed by atoms with van der Waals surface area (Å²) in [5.41, 5.74) is 0. The largest absolute Gasteiger partial charge is 0.472 e. The molecule has 2 atom stereocenters. The van der Waals surface area contributed by atoms with Crippen LogP contribution >= 0.6 is 7.82 Å². The van der Waals surface area contributed by atoms with E-state index in [1.807, 2.05) is 21.1 Å². The van der Waals surface area contributed by atoms with Crippen molar-refractivity contribution in [3.05, 3.63) is 122 Å². The summed E-state index contributed by atoms with van der Waals surface area (Å²) in [6, 6.07) is 0. The van der Waals surface area contributed by atoms with Crippen LogP contribution in [0.3, 0.4) is 0 Å². The zero-order chi connectivity index (χ0) is 64.1. The molecule has 0 saturated heterocycles. The molecule has 9 nitrogen and oxygen atoms in total. The van der Waals surface area contributed by atoms with Gasteiger partial charge < -0.3 is 18.9 Å². The molecule has 2 unspecified atom stereocenters. The predicted molar refractivity (Wildman–Crippen MR) is 381 cm³/mol. The molecule has 88 heavy (non-hydrogen) atoms. The summed E-state index contributed by atoms with van der Waals surface area (Å²) >= 11 is 0. The maximum atomic E-state index is 12.9. The van der Waals surface area contributed by atoms with E-state index in [4.69, 9.17) is 18.5 Å². The lowest BCUT2D eigenvalue weighted by atomic mass is 10.0. The van der Waals surface area contributed by atoms with Gasteiger partial charge in [0.2, 0.25) is 0 Å². The highest BCUT2D eigenvalue weighted by molar-refractivity contribution is 7.47. The Balaban J connectivity index is 4.06. The van der Waals surface area contributed by atoms with Crippen molar-refractivity contribution in [1.29, 1.82) is 0 Å². The Morgan fingerprint density at radius 1 is 0.364 bits per heavy atom. The summed E-state index contributed by atoms with van der Waals surface area (Å²) in [6.07, 6.45) is 97.3. The Morgan fingerprint density at radius 3 is 0.966 bits per heavy atom. The first-order valence-electron chi connectivity index (χ1n) is 36.3. The molecule has 506 valence electrons. The summed E-state index contributed by atoms with van der Waals surface area (Å²) in [4.78, 5) is 35.9. The fourth-order valence-electron chi connectivity index (χ4n) is 9.95. The lowest BCUT2D eigenvalue weighted by molar-refractivity contribution is -0.870. The molecule has 0 amide bonds. The highest BCUT2D eigenvalue weighted by atomic mass is 31.2. The number of likely N-dealkylation sites (N-methyl/N-ethyl adjacent to an activating group) is 1. The van der Waals surface area contributed by atoms with Gasteiger partial charge in [-0.3, -0.25) is 18.6 Å². The van der Waals surface area contributed by atoms with Crippen LogP contribution in [0.4, 0.5) is 0 Å². The normalized spacial score (nSPS) is 13.8. The predicted octanol–water partition coefficient (Wildman–Crippen LogP) is 23.8. The van der Waals surface area contributed by atoms with Gasteiger partial charge in [-0.1, -0.05) is 309 Å². The van der Waals surface area contributed by atoms with E-state index in [9.17, 15) is 19.0 Å². The number of esters is 2. The van der Waals surface area contributed by atoms with Gasteiger partial charge in [0.1, 0.15) is 19.8 Å². The number of carbonyl (C=O) groups excluding carboxylic acids is 2. The smallest absolute Gasteiger partial charge is 0.462 e. The van der Waals surface area contributed by atoms with Crippen molar-refractivity contribution in [1.82, 2.24) is 0 Å². The Morgan fingerprint density at radius 2 is 0.648 bits per heavy atom. The minimum absolute atomic E-state index is 0.0275. The molecule has 0 rings (SSSR count). The summed E-state index contributed by atoms with van der Waals surface area (Å²) in [5.74, 6) is -0.795. The zero-order valence-electron chi connectivity index (χ0n) is 57.7. The Labute approximate surface area is 543 Å². The number of hydrogen-bond donors (Lipinski definition) is 1. The van der Waals surface area contributed by atoms with Crippen LogP contribution in [0.5, 0.6) is 0 Å². The number of hydrogen-bond acceptors (Lipinski definition) is 7. The van der Waals surface area contributed by atoms with Crippen LogP contribution in [0.2, 0.25) is 0 Å². The summed E-state index contributed by atoms with van der Waals surface area (Å²) in [5, 5.41) is 0. The highest BCUT2D eigenvalue weighted by Gasteiger charge is 2.27. The first-order valence-corrected chi connectivity index (χ1v) is 37.8. The number of carbonyl (C=O) groups is 2. The van der Waals surface area contributed by atoms with E-state index >= 15 is 0 Å². The minimum atomic E-state index is -4.40. The van der Waals surface area contributed by atoms with Crippen LogP contribution in [-0.4, -0.2) is 74.9 Å². The van der Waals surface area contributed by atoms with E-state index in [0.29, 0.717) is 17.4 Å². The maximum absolute atomic E-state index is 12.9. The van der Waals surface area contributed by atoms with Crippen molar-refractivity contribution >= 4 is 19.8 Å². The molecule has 0 aliphatic rings. The number of unbranched alkanes of at least 4 members (excludes halogenated alkanes) is 32. The number of quaternary nitrogens is 1. The SMILES string of the molecule is CC/C=C\C/C=C\C/C=C\C/C=C\C/C=C\C/C=C\C/C=C\C/C=C\CCCCCCCCCCCCCCC(=O)OC(COC(=O)CCCCCCCCCCCCCCCCC/C=C\C/C=C\CCCCCCC)COP(=O)(O)OCC[N+](C)(C)C. The van der Waals surface area contributed by atoms with E-state index in [0.717, 1.165) is 96.3 Å². The molecule has 0 aliphatic carbocycles. The molecule has 0 radical (unpaired) electrons. The number of phosphoric acid groups is 1. The van der Waals surface area contributed by atoms with E-state index in [1.54, 1.807) is 0 Å². The molecule has 0 bridgehead atoms. The molecule has 0 saturated carbocycles. The summed E-state index contributed by atoms with van der Waals surface area (Å²) < 4.78 is 34.8. The standard InChI is InChI=1S/C78H136NO8P/c1-6-8-10-12-14-16-18-20-22-24-26-28-30-32-34-35-36-37-38-39-40-41-42-43-45-47-49-51-53-55-57-59-61-63-65-67-69-71-78(81)87-76(75-86-88(82,83)85-73-72-79(3,4)5)74-84-77(80)70-68-66-64-62-60-58-56-54-52-50-48-46-44-33-31-29-27-25-23-21-19-17-15-13-11-9-7-2/h8,10,14,16,19-22,25-28,32,34,36-37,39-40,42-43,76H,6-7,9,11-13,15,17-18,23-24,29-31,33,35,38,41,44-75H2,1-5H3/p+1/b10-8-,16-14-,21-19-,22-20-,27-25-,28-26-,34-32-,37-36-,40-39-,43-42-. The lowest BCUT2D eigenvalue weighted by Gasteiger charge is -2.24. The second-order valence-corrected chi connectivity index (χ2v) is 26.7. The minimum Gasteiger partial charge on any atom is -0.462 e. The second kappa shape index (κ2) is 67.8. The van der Waals surface area contributed by atoms with Crippen LogP contribution in [0.1, 0.15) is 309 Å². The number of ether oxygens (including phenoxy) is 2. The van der Waals surface area contributed by atoms with Gasteiger partial charge in [-0.2, -0.15) is 0 Å². The molecular weight excluding hydrogens is 1110 g/mol. The summed E-state index contributed by atoms with van der Waals surface area (Å²) in [7, 11) is 1.47. The van der Waals surface area contributed by atoms with Crippen LogP contribution in [-0.2, 0) is 32.7 Å². The van der Waals surface area contributed by atoms with Crippen molar-refractivity contribution in [2.45, 2.75) is 315 Å². The second-order valence-electron chi connectivity index (χ2n) is 25.2. The Bertz CT molecular complexity index is 1900. The average Bonchev–Trinajstić information content (AvgIpc) is 3.68. The first-order chi connectivity index (χ1) is 43.0. The topological polar surface area (TPSA) is 108 Å². The fourth-order valence-corrected chi connectivity index (χ4v) is 10.7. The van der Waals surface area contributed by atoms with Crippen molar-refractivity contribution < 1.29 is 42.1 Å². The Kier molecular flexibility index (Phi) is 65.0. The van der Waals surface area contributed by atoms with Crippen LogP contribution in [0.25, 0.3) is 0 Å². The van der Waals surface area contributed by atoms with Crippen molar-refractivity contribution in [2.75, 3.05) is 47.5 Å². The van der Waals surface area contributed by atoms with Gasteiger partial charge in [0.25, 0.3) is 0 Å². The summed E-state index contributed by atoms with van der Waals surface area (Å²) in [6.45, 7) is 4.33. The molecule has 10 heteroatoms. The molecule has 0 fully saturated rings. The molecule has 0 heterocycles. The van der Waals surface area contributed by atoms with E-state index < -0.39 is 26.5 Å². The van der Waals surface area contributed by atoms with Crippen molar-refractivity contribution in [3.63, 3.8) is 0 Å². The maximum Gasteiger partial charge on any atom is 0.472 e. The molecule has 1 N–H and O–H groups in total. The van der Waals surface area contributed by atoms with Crippen molar-refractivity contribution in [3.8, 4) is 0 Å². The fraction of sp³-hybridized carbons (Fsp3) is 0.718. The number of nitrogens with zero attached hydrogens (tertiary/aromatic N) is 1. The molecule has 0 aromatic rings. The van der Waals surface area contributed by atoms with Gasteiger partial charge in [-0.15, -0.1) is 0 Å². The quantitative estimate of drug-likeness (QED) is 0.0211. The molecule has 0 aliphatic heterocycles. The molecule has 0 spiro atoms. The zero-order valence-corrected chi connectivity index (χ0v) is 58.6. The lowest BCUT2D eigenvalue weighted by Crippen LogP contribution is -2.37. The van der Waals surface area contributed by atoms with Crippen LogP contribution < -0.4 is 0 Å². The third-order valence-electron chi connectivity index (χ3n) is 15.5. The van der Waals surface area contributed by atoms with Crippen molar-refractivity contribution in [2.24, 2.45) is 0 Å². The number of phosphoric ester groups is 1. The number of allylic oxidation sites excluding steroid dienone is 20.